The minimum Gasteiger partial charge on any atom is -0.480 e. The highest BCUT2D eigenvalue weighted by Gasteiger charge is 2.25. The van der Waals surface area contributed by atoms with Gasteiger partial charge in [-0.3, -0.25) is 4.79 Å². The predicted molar refractivity (Wildman–Crippen MR) is 90.1 cm³/mol. The van der Waals surface area contributed by atoms with Crippen LogP contribution in [0.3, 0.4) is 0 Å². The number of piperidine rings is 1. The van der Waals surface area contributed by atoms with Crippen molar-refractivity contribution in [3.8, 4) is 5.75 Å². The molecule has 1 aromatic rings. The molecule has 0 spiro atoms. The van der Waals surface area contributed by atoms with Crippen molar-refractivity contribution >= 4 is 34.2 Å². The van der Waals surface area contributed by atoms with Gasteiger partial charge in [-0.2, -0.15) is 0 Å². The fourth-order valence-electron chi connectivity index (χ4n) is 2.36. The first-order valence-corrected chi connectivity index (χ1v) is 7.92. The van der Waals surface area contributed by atoms with Crippen LogP contribution in [0.5, 0.6) is 5.75 Å². The van der Waals surface area contributed by atoms with Crippen LogP contribution in [-0.2, 0) is 4.79 Å². The molecule has 124 valence electrons. The van der Waals surface area contributed by atoms with Crippen LogP contribution in [0, 0.1) is 5.82 Å². The van der Waals surface area contributed by atoms with Crippen LogP contribution in [-0.4, -0.2) is 30.6 Å². The van der Waals surface area contributed by atoms with Gasteiger partial charge in [0.1, 0.15) is 11.6 Å². The van der Waals surface area contributed by atoms with Crippen LogP contribution in [0.15, 0.2) is 22.7 Å². The highest BCUT2D eigenvalue weighted by molar-refractivity contribution is 9.10. The van der Waals surface area contributed by atoms with Crippen molar-refractivity contribution in [1.29, 1.82) is 0 Å². The van der Waals surface area contributed by atoms with E-state index in [1.807, 2.05) is 0 Å². The molecular formula is C15H21BrClFN2O2. The van der Waals surface area contributed by atoms with Crippen molar-refractivity contribution in [2.75, 3.05) is 6.54 Å². The summed E-state index contributed by atoms with van der Waals surface area (Å²) >= 11 is 3.23. The summed E-state index contributed by atoms with van der Waals surface area (Å²) in [5.74, 6) is -0.0610. The number of hydrogen-bond acceptors (Lipinski definition) is 3. The largest absolute Gasteiger partial charge is 0.480 e. The summed E-state index contributed by atoms with van der Waals surface area (Å²) in [4.78, 5) is 12.2. The number of rotatable bonds is 4. The molecule has 0 saturated carbocycles. The lowest BCUT2D eigenvalue weighted by Gasteiger charge is -2.31. The first-order chi connectivity index (χ1) is 9.97. The van der Waals surface area contributed by atoms with Crippen molar-refractivity contribution in [1.82, 2.24) is 10.6 Å². The number of halogens is 3. The molecule has 0 bridgehead atoms. The lowest BCUT2D eigenvalue weighted by molar-refractivity contribution is -0.128. The molecule has 0 radical (unpaired) electrons. The van der Waals surface area contributed by atoms with Gasteiger partial charge in [0.05, 0.1) is 4.47 Å². The Morgan fingerprint density at radius 2 is 2.27 bits per heavy atom. The van der Waals surface area contributed by atoms with Gasteiger partial charge in [-0.05, 0) is 67.4 Å². The molecule has 1 aliphatic rings. The second kappa shape index (κ2) is 8.70. The molecule has 3 unspecified atom stereocenters. The minimum absolute atomic E-state index is 0. The summed E-state index contributed by atoms with van der Waals surface area (Å²) in [6.45, 7) is 4.74. The number of hydrogen-bond donors (Lipinski definition) is 2. The zero-order valence-electron chi connectivity index (χ0n) is 12.6. The SMILES string of the molecule is CC(Oc1ccc(F)cc1Br)C(=O)NC1CCCNC1C.Cl. The van der Waals surface area contributed by atoms with Crippen LogP contribution in [0.4, 0.5) is 4.39 Å². The van der Waals surface area contributed by atoms with Gasteiger partial charge in [-0.1, -0.05) is 0 Å². The van der Waals surface area contributed by atoms with Gasteiger partial charge in [0.25, 0.3) is 5.91 Å². The molecule has 1 heterocycles. The van der Waals surface area contributed by atoms with E-state index in [-0.39, 0.29) is 36.2 Å². The third-order valence-corrected chi connectivity index (χ3v) is 4.28. The van der Waals surface area contributed by atoms with Crippen LogP contribution < -0.4 is 15.4 Å². The zero-order chi connectivity index (χ0) is 15.4. The molecule has 4 nitrogen and oxygen atoms in total. The van der Waals surface area contributed by atoms with Gasteiger partial charge >= 0.3 is 0 Å². The molecule has 1 amide bonds. The Labute approximate surface area is 144 Å². The van der Waals surface area contributed by atoms with Crippen molar-refractivity contribution < 1.29 is 13.9 Å². The summed E-state index contributed by atoms with van der Waals surface area (Å²) in [6, 6.07) is 4.50. The highest BCUT2D eigenvalue weighted by Crippen LogP contribution is 2.26. The van der Waals surface area contributed by atoms with Crippen molar-refractivity contribution in [3.63, 3.8) is 0 Å². The topological polar surface area (TPSA) is 50.4 Å². The van der Waals surface area contributed by atoms with Crippen LogP contribution in [0.2, 0.25) is 0 Å². The third kappa shape index (κ3) is 5.11. The number of carbonyl (C=O) groups is 1. The van der Waals surface area contributed by atoms with E-state index < -0.39 is 6.10 Å². The molecule has 1 saturated heterocycles. The Balaban J connectivity index is 0.00000242. The van der Waals surface area contributed by atoms with E-state index in [9.17, 15) is 9.18 Å². The quantitative estimate of drug-likeness (QED) is 0.824. The molecular weight excluding hydrogens is 375 g/mol. The molecule has 22 heavy (non-hydrogen) atoms. The normalized spacial score (nSPS) is 22.4. The van der Waals surface area contributed by atoms with Crippen molar-refractivity contribution in [2.24, 2.45) is 0 Å². The lowest BCUT2D eigenvalue weighted by atomic mass is 10.00. The summed E-state index contributed by atoms with van der Waals surface area (Å²) in [5.41, 5.74) is 0. The van der Waals surface area contributed by atoms with E-state index in [0.29, 0.717) is 10.2 Å². The molecule has 0 aliphatic carbocycles. The van der Waals surface area contributed by atoms with Gasteiger partial charge in [0.2, 0.25) is 0 Å². The molecule has 3 atom stereocenters. The maximum absolute atomic E-state index is 13.0. The fourth-order valence-corrected chi connectivity index (χ4v) is 2.80. The molecule has 1 aromatic carbocycles. The van der Waals surface area contributed by atoms with Gasteiger partial charge < -0.3 is 15.4 Å². The zero-order valence-corrected chi connectivity index (χ0v) is 15.0. The van der Waals surface area contributed by atoms with Crippen LogP contribution >= 0.6 is 28.3 Å². The number of amides is 1. The van der Waals surface area contributed by atoms with Crippen molar-refractivity contribution in [3.05, 3.63) is 28.5 Å². The average molecular weight is 396 g/mol. The van der Waals surface area contributed by atoms with E-state index in [0.717, 1.165) is 19.4 Å². The van der Waals surface area contributed by atoms with E-state index >= 15 is 0 Å². The Morgan fingerprint density at radius 3 is 2.91 bits per heavy atom. The third-order valence-electron chi connectivity index (χ3n) is 3.66. The second-order valence-corrected chi connectivity index (χ2v) is 6.19. The van der Waals surface area contributed by atoms with E-state index in [4.69, 9.17) is 4.74 Å². The first kappa shape index (κ1) is 19.2. The Bertz CT molecular complexity index is 518. The van der Waals surface area contributed by atoms with E-state index in [2.05, 4.69) is 33.5 Å². The number of carbonyl (C=O) groups excluding carboxylic acids is 1. The summed E-state index contributed by atoms with van der Waals surface area (Å²) in [6.07, 6.45) is 1.38. The molecule has 7 heteroatoms. The monoisotopic (exact) mass is 394 g/mol. The summed E-state index contributed by atoms with van der Waals surface area (Å²) < 4.78 is 19.1. The maximum atomic E-state index is 13.0. The maximum Gasteiger partial charge on any atom is 0.261 e. The first-order valence-electron chi connectivity index (χ1n) is 7.13. The van der Waals surface area contributed by atoms with Gasteiger partial charge in [-0.25, -0.2) is 4.39 Å². The van der Waals surface area contributed by atoms with Crippen molar-refractivity contribution in [2.45, 2.75) is 44.9 Å². The van der Waals surface area contributed by atoms with Gasteiger partial charge in [0, 0.05) is 12.1 Å². The fraction of sp³-hybridized carbons (Fsp3) is 0.533. The van der Waals surface area contributed by atoms with E-state index in [1.165, 1.54) is 18.2 Å². The van der Waals surface area contributed by atoms with E-state index in [1.54, 1.807) is 6.92 Å². The Kier molecular flexibility index (Phi) is 7.59. The summed E-state index contributed by atoms with van der Waals surface area (Å²) in [7, 11) is 0. The van der Waals surface area contributed by atoms with Crippen LogP contribution in [0.1, 0.15) is 26.7 Å². The highest BCUT2D eigenvalue weighted by atomic mass is 79.9. The predicted octanol–water partition coefficient (Wildman–Crippen LogP) is 3.03. The Morgan fingerprint density at radius 1 is 1.55 bits per heavy atom. The number of ether oxygens (including phenoxy) is 1. The van der Waals surface area contributed by atoms with Gasteiger partial charge in [0.15, 0.2) is 6.10 Å². The molecule has 0 aromatic heterocycles. The molecule has 2 rings (SSSR count). The summed E-state index contributed by atoms with van der Waals surface area (Å²) in [5, 5.41) is 6.34. The Hall–Kier alpha value is -0.850. The average Bonchev–Trinajstić information content (AvgIpc) is 2.44. The van der Waals surface area contributed by atoms with Gasteiger partial charge in [-0.15, -0.1) is 12.4 Å². The second-order valence-electron chi connectivity index (χ2n) is 5.33. The molecule has 2 N–H and O–H groups in total. The standard InChI is InChI=1S/C15H20BrFN2O2.ClH/c1-9-13(4-3-7-18-9)19-15(20)10(2)21-14-6-5-11(17)8-12(14)16;/h5-6,8-10,13,18H,3-4,7H2,1-2H3,(H,19,20);1H. The lowest BCUT2D eigenvalue weighted by Crippen LogP contribution is -2.54. The minimum atomic E-state index is -0.638. The van der Waals surface area contributed by atoms with Crippen LogP contribution in [0.25, 0.3) is 0 Å². The number of benzene rings is 1. The molecule has 1 fully saturated rings. The number of nitrogens with one attached hydrogen (secondary N) is 2. The smallest absolute Gasteiger partial charge is 0.261 e. The molecule has 1 aliphatic heterocycles.